The summed E-state index contributed by atoms with van der Waals surface area (Å²) in [5.74, 6) is -2.32. The highest BCUT2D eigenvalue weighted by Gasteiger charge is 2.34. The fourth-order valence-corrected chi connectivity index (χ4v) is 4.70. The molecule has 0 aromatic heterocycles. The van der Waals surface area contributed by atoms with E-state index in [1.165, 1.54) is 24.1 Å². The molecule has 0 aliphatic rings. The van der Waals surface area contributed by atoms with Crippen LogP contribution in [-0.2, 0) is 32.2 Å². The van der Waals surface area contributed by atoms with Crippen molar-refractivity contribution in [2.24, 2.45) is 27.9 Å². The summed E-state index contributed by atoms with van der Waals surface area (Å²) in [7, 11) is 1.25. The first-order chi connectivity index (χ1) is 22.0. The van der Waals surface area contributed by atoms with Gasteiger partial charge in [-0.05, 0) is 59.4 Å². The van der Waals surface area contributed by atoms with Crippen molar-refractivity contribution in [1.29, 1.82) is 0 Å². The summed E-state index contributed by atoms with van der Waals surface area (Å²) in [5.41, 5.74) is 24.5. The van der Waals surface area contributed by atoms with Gasteiger partial charge in [0.25, 0.3) is 0 Å². The zero-order valence-electron chi connectivity index (χ0n) is 25.4. The highest BCUT2D eigenvalue weighted by molar-refractivity contribution is 5.92. The Balaban J connectivity index is 2.02. The van der Waals surface area contributed by atoms with Crippen LogP contribution in [-0.4, -0.2) is 66.1 Å². The predicted octanol–water partition coefficient (Wildman–Crippen LogP) is 1.18. The number of aromatic hydroxyl groups is 1. The normalized spacial score (nSPS) is 11.8. The van der Waals surface area contributed by atoms with Crippen molar-refractivity contribution in [1.82, 2.24) is 10.2 Å². The van der Waals surface area contributed by atoms with E-state index in [1.807, 2.05) is 0 Å². The molecule has 4 amide bonds. The predicted molar refractivity (Wildman–Crippen MR) is 170 cm³/mol. The standard InChI is InChI=1S/C32H39N7O7/c1-45-27(41)19-46-25-14-10-23(11-15-25)28(22-8-12-24(40)13-9-22)30(43)39(26(29(33)42)3-2-16-37-31(34)35)18-21-6-4-20(5-7-21)17-38-32(36)44/h4-15,26,28,40H,2-3,16-19H2,1H3,(H2,33,42)(H4,34,35,37)(H3,36,38,44)/t26-,28?/m1/s1. The van der Waals surface area contributed by atoms with Crippen molar-refractivity contribution in [3.8, 4) is 11.5 Å². The number of guanidine groups is 1. The van der Waals surface area contributed by atoms with Crippen LogP contribution in [0.5, 0.6) is 11.5 Å². The molecule has 3 aromatic rings. The van der Waals surface area contributed by atoms with Gasteiger partial charge < -0.3 is 47.7 Å². The van der Waals surface area contributed by atoms with Gasteiger partial charge in [-0.1, -0.05) is 48.5 Å². The van der Waals surface area contributed by atoms with Crippen LogP contribution in [0.1, 0.15) is 41.0 Å². The third-order valence-corrected chi connectivity index (χ3v) is 7.03. The number of nitrogens with one attached hydrogen (secondary N) is 1. The fourth-order valence-electron chi connectivity index (χ4n) is 4.70. The summed E-state index contributed by atoms with van der Waals surface area (Å²) in [4.78, 5) is 55.6. The molecule has 0 aliphatic carbocycles. The number of urea groups is 1. The van der Waals surface area contributed by atoms with E-state index in [2.05, 4.69) is 15.0 Å². The monoisotopic (exact) mass is 633 g/mol. The van der Waals surface area contributed by atoms with Crippen LogP contribution in [0.4, 0.5) is 4.79 Å². The maximum Gasteiger partial charge on any atom is 0.343 e. The maximum atomic E-state index is 14.6. The lowest BCUT2D eigenvalue weighted by Crippen LogP contribution is -2.49. The Bertz CT molecular complexity index is 1510. The molecule has 0 aliphatic heterocycles. The number of nitrogens with zero attached hydrogens (tertiary/aromatic N) is 2. The second kappa shape index (κ2) is 16.9. The number of ether oxygens (including phenoxy) is 2. The van der Waals surface area contributed by atoms with Gasteiger partial charge in [0.2, 0.25) is 11.8 Å². The average Bonchev–Trinajstić information content (AvgIpc) is 3.03. The van der Waals surface area contributed by atoms with Gasteiger partial charge in [0.15, 0.2) is 12.6 Å². The number of hydrogen-bond donors (Lipinski definition) is 6. The van der Waals surface area contributed by atoms with E-state index < -0.39 is 35.8 Å². The fraction of sp³-hybridized carbons (Fsp3) is 0.281. The number of esters is 1. The van der Waals surface area contributed by atoms with Crippen LogP contribution in [0, 0.1) is 0 Å². The molecule has 0 saturated heterocycles. The van der Waals surface area contributed by atoms with Crippen molar-refractivity contribution in [3.63, 3.8) is 0 Å². The molecule has 0 saturated carbocycles. The van der Waals surface area contributed by atoms with Gasteiger partial charge in [-0.25, -0.2) is 9.59 Å². The van der Waals surface area contributed by atoms with Gasteiger partial charge in [-0.3, -0.25) is 14.6 Å². The van der Waals surface area contributed by atoms with Gasteiger partial charge >= 0.3 is 12.0 Å². The van der Waals surface area contributed by atoms with Crippen molar-refractivity contribution >= 4 is 29.8 Å². The largest absolute Gasteiger partial charge is 0.508 e. The molecule has 10 N–H and O–H groups in total. The minimum atomic E-state index is -1.03. The molecule has 0 radical (unpaired) electrons. The molecule has 3 rings (SSSR count). The number of amides is 4. The molecular weight excluding hydrogens is 594 g/mol. The molecule has 244 valence electrons. The Morgan fingerprint density at radius 1 is 0.870 bits per heavy atom. The summed E-state index contributed by atoms with van der Waals surface area (Å²) in [6, 6.07) is 18.2. The zero-order valence-corrected chi connectivity index (χ0v) is 25.4. The lowest BCUT2D eigenvalue weighted by Gasteiger charge is -2.33. The van der Waals surface area contributed by atoms with Gasteiger partial charge in [-0.2, -0.15) is 0 Å². The molecule has 0 spiro atoms. The number of methoxy groups -OCH3 is 1. The van der Waals surface area contributed by atoms with Gasteiger partial charge in [0, 0.05) is 19.6 Å². The molecule has 0 heterocycles. The third kappa shape index (κ3) is 10.4. The number of carbonyl (C=O) groups excluding carboxylic acids is 4. The van der Waals surface area contributed by atoms with E-state index in [0.717, 1.165) is 5.56 Å². The van der Waals surface area contributed by atoms with E-state index in [1.54, 1.807) is 60.7 Å². The number of rotatable bonds is 16. The van der Waals surface area contributed by atoms with Crippen LogP contribution in [0.3, 0.4) is 0 Å². The van der Waals surface area contributed by atoms with Gasteiger partial charge in [0.05, 0.1) is 13.0 Å². The van der Waals surface area contributed by atoms with E-state index in [0.29, 0.717) is 28.9 Å². The Hall–Kier alpha value is -5.79. The Morgan fingerprint density at radius 3 is 2.00 bits per heavy atom. The quantitative estimate of drug-likeness (QED) is 0.0574. The lowest BCUT2D eigenvalue weighted by molar-refractivity contribution is -0.143. The summed E-state index contributed by atoms with van der Waals surface area (Å²) in [6.07, 6.45) is 0.546. The highest BCUT2D eigenvalue weighted by Crippen LogP contribution is 2.31. The van der Waals surface area contributed by atoms with Crippen molar-refractivity contribution in [3.05, 3.63) is 95.1 Å². The molecule has 3 aromatic carbocycles. The number of aliphatic imine (C=N–C) groups is 1. The number of benzene rings is 3. The molecule has 46 heavy (non-hydrogen) atoms. The molecule has 0 fully saturated rings. The van der Waals surface area contributed by atoms with Crippen molar-refractivity contribution in [2.75, 3.05) is 20.3 Å². The topological polar surface area (TPSA) is 239 Å². The minimum absolute atomic E-state index is 0.0130. The maximum absolute atomic E-state index is 14.6. The first kappa shape index (κ1) is 34.7. The third-order valence-electron chi connectivity index (χ3n) is 7.03. The van der Waals surface area contributed by atoms with E-state index in [9.17, 15) is 24.3 Å². The summed E-state index contributed by atoms with van der Waals surface area (Å²) in [6.45, 7) is 0.175. The number of primary amides is 2. The number of carbonyl (C=O) groups is 4. The highest BCUT2D eigenvalue weighted by atomic mass is 16.6. The van der Waals surface area contributed by atoms with E-state index in [-0.39, 0.29) is 44.4 Å². The Labute approximate surface area is 266 Å². The van der Waals surface area contributed by atoms with Crippen LogP contribution >= 0.6 is 0 Å². The lowest BCUT2D eigenvalue weighted by atomic mass is 9.88. The Morgan fingerprint density at radius 2 is 1.46 bits per heavy atom. The molecular formula is C32H39N7O7. The zero-order chi connectivity index (χ0) is 33.6. The molecule has 14 heteroatoms. The number of phenols is 1. The molecule has 1 unspecified atom stereocenters. The van der Waals surface area contributed by atoms with Crippen LogP contribution in [0.15, 0.2) is 77.8 Å². The van der Waals surface area contributed by atoms with Crippen LogP contribution in [0.25, 0.3) is 0 Å². The SMILES string of the molecule is COC(=O)COc1ccc(C(C(=O)N(Cc2ccc(CNC(N)=O)cc2)[C@H](CCCN=C(N)N)C(N)=O)c2ccc(O)cc2)cc1. The second-order valence-electron chi connectivity index (χ2n) is 10.3. The van der Waals surface area contributed by atoms with E-state index in [4.69, 9.17) is 27.7 Å². The number of nitrogens with two attached hydrogens (primary N) is 4. The summed E-state index contributed by atoms with van der Waals surface area (Å²) >= 11 is 0. The second-order valence-corrected chi connectivity index (χ2v) is 10.3. The Kier molecular flexibility index (Phi) is 12.7. The smallest absolute Gasteiger partial charge is 0.343 e. The summed E-state index contributed by atoms with van der Waals surface area (Å²) < 4.78 is 10.1. The van der Waals surface area contributed by atoms with Gasteiger partial charge in [0.1, 0.15) is 17.5 Å². The molecule has 14 nitrogen and oxygen atoms in total. The van der Waals surface area contributed by atoms with Gasteiger partial charge in [-0.15, -0.1) is 0 Å². The first-order valence-corrected chi connectivity index (χ1v) is 14.3. The minimum Gasteiger partial charge on any atom is -0.508 e. The number of phenolic OH excluding ortho intramolecular Hbond substituents is 1. The van der Waals surface area contributed by atoms with E-state index >= 15 is 0 Å². The number of hydrogen-bond acceptors (Lipinski definition) is 8. The average molecular weight is 634 g/mol. The summed E-state index contributed by atoms with van der Waals surface area (Å²) in [5, 5.41) is 12.5. The van der Waals surface area contributed by atoms with Crippen LogP contribution in [0.2, 0.25) is 0 Å². The van der Waals surface area contributed by atoms with Crippen molar-refractivity contribution in [2.45, 2.75) is 37.9 Å². The molecule has 0 bridgehead atoms. The molecule has 2 atom stereocenters. The van der Waals surface area contributed by atoms with Crippen molar-refractivity contribution < 1.29 is 33.8 Å². The van der Waals surface area contributed by atoms with Crippen LogP contribution < -0.4 is 33.0 Å². The first-order valence-electron chi connectivity index (χ1n) is 14.3.